The Kier molecular flexibility index (Phi) is 3.31. The van der Waals surface area contributed by atoms with Gasteiger partial charge in [-0.05, 0) is 18.8 Å². The highest BCUT2D eigenvalue weighted by atomic mass is 16.5. The molecular weight excluding hydrogens is 168 g/mol. The standard InChI is InChI=1S/C10H18O3/c1-8(2)6-13-9(11)10(4-5-10)7-12-3/h8H,4-7H2,1-3H3. The van der Waals surface area contributed by atoms with Gasteiger partial charge in [0.1, 0.15) is 0 Å². The van der Waals surface area contributed by atoms with Crippen molar-refractivity contribution in [2.24, 2.45) is 11.3 Å². The lowest BCUT2D eigenvalue weighted by molar-refractivity contribution is -0.153. The first-order valence-corrected chi connectivity index (χ1v) is 4.77. The summed E-state index contributed by atoms with van der Waals surface area (Å²) in [6.45, 7) is 5.08. The summed E-state index contributed by atoms with van der Waals surface area (Å²) in [6.07, 6.45) is 1.83. The van der Waals surface area contributed by atoms with E-state index >= 15 is 0 Å². The van der Waals surface area contributed by atoms with E-state index in [4.69, 9.17) is 9.47 Å². The van der Waals surface area contributed by atoms with E-state index in [-0.39, 0.29) is 11.4 Å². The average molecular weight is 186 g/mol. The molecule has 13 heavy (non-hydrogen) atoms. The van der Waals surface area contributed by atoms with Gasteiger partial charge in [-0.2, -0.15) is 0 Å². The first kappa shape index (κ1) is 10.5. The lowest BCUT2D eigenvalue weighted by Crippen LogP contribution is -2.25. The summed E-state index contributed by atoms with van der Waals surface area (Å²) in [5, 5.41) is 0. The number of hydrogen-bond donors (Lipinski definition) is 0. The largest absolute Gasteiger partial charge is 0.465 e. The fraction of sp³-hybridized carbons (Fsp3) is 0.900. The highest BCUT2D eigenvalue weighted by molar-refractivity contribution is 5.80. The maximum atomic E-state index is 11.5. The van der Waals surface area contributed by atoms with Crippen LogP contribution in [0.3, 0.4) is 0 Å². The maximum absolute atomic E-state index is 11.5. The van der Waals surface area contributed by atoms with Crippen molar-refractivity contribution in [3.63, 3.8) is 0 Å². The smallest absolute Gasteiger partial charge is 0.314 e. The quantitative estimate of drug-likeness (QED) is 0.612. The van der Waals surface area contributed by atoms with Gasteiger partial charge in [-0.25, -0.2) is 0 Å². The summed E-state index contributed by atoms with van der Waals surface area (Å²) < 4.78 is 10.2. The molecule has 1 fully saturated rings. The molecule has 1 aliphatic carbocycles. The van der Waals surface area contributed by atoms with E-state index in [1.54, 1.807) is 7.11 Å². The van der Waals surface area contributed by atoms with E-state index in [9.17, 15) is 4.79 Å². The molecule has 0 aromatic carbocycles. The van der Waals surface area contributed by atoms with Crippen LogP contribution in [-0.4, -0.2) is 26.3 Å². The molecular formula is C10H18O3. The Hall–Kier alpha value is -0.570. The molecule has 0 heterocycles. The molecule has 0 aliphatic heterocycles. The highest BCUT2D eigenvalue weighted by Gasteiger charge is 2.51. The SMILES string of the molecule is COCC1(C(=O)OCC(C)C)CC1. The second-order valence-electron chi connectivity index (χ2n) is 4.21. The van der Waals surface area contributed by atoms with Gasteiger partial charge in [0.2, 0.25) is 0 Å². The van der Waals surface area contributed by atoms with Crippen molar-refractivity contribution in [2.75, 3.05) is 20.3 Å². The fourth-order valence-electron chi connectivity index (χ4n) is 1.23. The molecule has 0 amide bonds. The molecule has 0 bridgehead atoms. The number of carbonyl (C=O) groups excluding carboxylic acids is 1. The minimum absolute atomic E-state index is 0.0805. The third-order valence-corrected chi connectivity index (χ3v) is 2.25. The van der Waals surface area contributed by atoms with Crippen LogP contribution in [0.5, 0.6) is 0 Å². The van der Waals surface area contributed by atoms with E-state index in [2.05, 4.69) is 0 Å². The van der Waals surface area contributed by atoms with E-state index in [1.165, 1.54) is 0 Å². The zero-order valence-electron chi connectivity index (χ0n) is 8.63. The predicted octanol–water partition coefficient (Wildman–Crippen LogP) is 1.61. The fourth-order valence-corrected chi connectivity index (χ4v) is 1.23. The Labute approximate surface area is 79.4 Å². The molecule has 0 unspecified atom stereocenters. The Morgan fingerprint density at radius 2 is 2.08 bits per heavy atom. The molecule has 76 valence electrons. The average Bonchev–Trinajstić information content (AvgIpc) is 2.82. The van der Waals surface area contributed by atoms with Crippen LogP contribution in [0, 0.1) is 11.3 Å². The summed E-state index contributed by atoms with van der Waals surface area (Å²) in [6, 6.07) is 0. The van der Waals surface area contributed by atoms with Crippen molar-refractivity contribution in [3.8, 4) is 0 Å². The molecule has 1 aliphatic rings. The molecule has 1 rings (SSSR count). The van der Waals surface area contributed by atoms with Gasteiger partial charge in [-0.1, -0.05) is 13.8 Å². The van der Waals surface area contributed by atoms with Gasteiger partial charge in [-0.15, -0.1) is 0 Å². The second kappa shape index (κ2) is 4.09. The lowest BCUT2D eigenvalue weighted by Gasteiger charge is -2.14. The summed E-state index contributed by atoms with van der Waals surface area (Å²) in [5.74, 6) is 0.324. The van der Waals surface area contributed by atoms with Crippen LogP contribution in [0.15, 0.2) is 0 Å². The van der Waals surface area contributed by atoms with Crippen LogP contribution in [0.25, 0.3) is 0 Å². The van der Waals surface area contributed by atoms with Gasteiger partial charge < -0.3 is 9.47 Å². The first-order chi connectivity index (χ1) is 6.10. The molecule has 0 spiro atoms. The Balaban J connectivity index is 2.30. The Morgan fingerprint density at radius 3 is 2.46 bits per heavy atom. The summed E-state index contributed by atoms with van der Waals surface area (Å²) >= 11 is 0. The lowest BCUT2D eigenvalue weighted by atomic mass is 10.1. The number of methoxy groups -OCH3 is 1. The third-order valence-electron chi connectivity index (χ3n) is 2.25. The van der Waals surface area contributed by atoms with E-state index in [0.29, 0.717) is 19.1 Å². The molecule has 3 heteroatoms. The van der Waals surface area contributed by atoms with Crippen LogP contribution < -0.4 is 0 Å². The van der Waals surface area contributed by atoms with Gasteiger partial charge in [0.05, 0.1) is 18.6 Å². The number of rotatable bonds is 5. The van der Waals surface area contributed by atoms with E-state index < -0.39 is 0 Å². The van der Waals surface area contributed by atoms with Crippen molar-refractivity contribution < 1.29 is 14.3 Å². The highest BCUT2D eigenvalue weighted by Crippen LogP contribution is 2.46. The monoisotopic (exact) mass is 186 g/mol. The van der Waals surface area contributed by atoms with Gasteiger partial charge in [-0.3, -0.25) is 4.79 Å². The van der Waals surface area contributed by atoms with Crippen molar-refractivity contribution in [1.82, 2.24) is 0 Å². The minimum Gasteiger partial charge on any atom is -0.465 e. The van der Waals surface area contributed by atoms with Gasteiger partial charge in [0, 0.05) is 7.11 Å². The van der Waals surface area contributed by atoms with E-state index in [0.717, 1.165) is 12.8 Å². The van der Waals surface area contributed by atoms with Gasteiger partial charge in [0.15, 0.2) is 0 Å². The van der Waals surface area contributed by atoms with Gasteiger partial charge >= 0.3 is 5.97 Å². The number of hydrogen-bond acceptors (Lipinski definition) is 3. The zero-order chi connectivity index (χ0) is 9.90. The van der Waals surface area contributed by atoms with Crippen molar-refractivity contribution in [1.29, 1.82) is 0 Å². The Bertz CT molecular complexity index is 183. The molecule has 3 nitrogen and oxygen atoms in total. The first-order valence-electron chi connectivity index (χ1n) is 4.77. The summed E-state index contributed by atoms with van der Waals surface area (Å²) in [5.41, 5.74) is -0.288. The van der Waals surface area contributed by atoms with Gasteiger partial charge in [0.25, 0.3) is 0 Å². The normalized spacial score (nSPS) is 18.8. The minimum atomic E-state index is -0.288. The second-order valence-corrected chi connectivity index (χ2v) is 4.21. The topological polar surface area (TPSA) is 35.5 Å². The number of carbonyl (C=O) groups is 1. The molecule has 0 atom stereocenters. The predicted molar refractivity (Wildman–Crippen MR) is 49.3 cm³/mol. The summed E-state index contributed by atoms with van der Waals surface area (Å²) in [7, 11) is 1.62. The van der Waals surface area contributed by atoms with Crippen molar-refractivity contribution in [2.45, 2.75) is 26.7 Å². The Morgan fingerprint density at radius 1 is 1.46 bits per heavy atom. The van der Waals surface area contributed by atoms with Crippen molar-refractivity contribution in [3.05, 3.63) is 0 Å². The van der Waals surface area contributed by atoms with E-state index in [1.807, 2.05) is 13.8 Å². The molecule has 0 aromatic rings. The number of esters is 1. The van der Waals surface area contributed by atoms with Crippen LogP contribution in [0.1, 0.15) is 26.7 Å². The molecule has 0 N–H and O–H groups in total. The number of ether oxygens (including phenoxy) is 2. The van der Waals surface area contributed by atoms with Crippen LogP contribution >= 0.6 is 0 Å². The third kappa shape index (κ3) is 2.69. The van der Waals surface area contributed by atoms with Crippen molar-refractivity contribution >= 4 is 5.97 Å². The zero-order valence-corrected chi connectivity index (χ0v) is 8.63. The molecule has 0 radical (unpaired) electrons. The van der Waals surface area contributed by atoms with Crippen LogP contribution in [0.2, 0.25) is 0 Å². The molecule has 1 saturated carbocycles. The molecule has 0 aromatic heterocycles. The van der Waals surface area contributed by atoms with Crippen LogP contribution in [-0.2, 0) is 14.3 Å². The molecule has 0 saturated heterocycles. The maximum Gasteiger partial charge on any atom is 0.314 e. The van der Waals surface area contributed by atoms with Crippen LogP contribution in [0.4, 0.5) is 0 Å². The summed E-state index contributed by atoms with van der Waals surface area (Å²) in [4.78, 5) is 11.5.